The Kier molecular flexibility index (Phi) is 8.37. The number of allylic oxidation sites excluding steroid dienone is 2. The van der Waals surface area contributed by atoms with Gasteiger partial charge in [0.15, 0.2) is 0 Å². The molecule has 0 atom stereocenters. The summed E-state index contributed by atoms with van der Waals surface area (Å²) < 4.78 is 46.4. The second-order valence-corrected chi connectivity index (χ2v) is 10.9. The molecule has 2 saturated heterocycles. The Morgan fingerprint density at radius 2 is 1.82 bits per heavy atom. The third-order valence-corrected chi connectivity index (χ3v) is 8.30. The van der Waals surface area contributed by atoms with E-state index in [-0.39, 0.29) is 17.9 Å². The molecule has 216 valence electrons. The van der Waals surface area contributed by atoms with Gasteiger partial charge in [-0.2, -0.15) is 13.2 Å². The van der Waals surface area contributed by atoms with E-state index in [1.165, 1.54) is 6.08 Å². The summed E-state index contributed by atoms with van der Waals surface area (Å²) in [5.74, 6) is 0.567. The van der Waals surface area contributed by atoms with Gasteiger partial charge in [0.25, 0.3) is 5.91 Å². The summed E-state index contributed by atoms with van der Waals surface area (Å²) >= 11 is 0. The molecule has 40 heavy (non-hydrogen) atoms. The van der Waals surface area contributed by atoms with E-state index in [1.807, 2.05) is 24.0 Å². The van der Waals surface area contributed by atoms with Crippen LogP contribution in [0.4, 0.5) is 18.9 Å². The molecule has 10 heteroatoms. The minimum atomic E-state index is -4.43. The molecule has 0 unspecified atom stereocenters. The fraction of sp³-hybridized carbons (Fsp3) is 0.533. The molecule has 7 nitrogen and oxygen atoms in total. The molecule has 0 bridgehead atoms. The maximum Gasteiger partial charge on any atom is 0.416 e. The van der Waals surface area contributed by atoms with Crippen LogP contribution in [0.3, 0.4) is 0 Å². The topological polar surface area (TPSA) is 60.9 Å². The number of alkyl halides is 3. The van der Waals surface area contributed by atoms with Gasteiger partial charge in [0.05, 0.1) is 18.4 Å². The van der Waals surface area contributed by atoms with Gasteiger partial charge in [0.1, 0.15) is 5.75 Å². The number of anilines is 1. The molecule has 3 aliphatic rings. The standard InChI is InChI=1S/C30H38F3N5O2/c1-4-34-26-19-22(35-25-8-7-24(28(25)26)30(31,32)33)17-20-5-6-21(18-27(20)40-3)29(39)38-11-9-23(10-12-38)37-15-13-36(2)14-16-37/h5-7,18-19,23H,4,8-17H2,1-3H3,(H,34,35). The van der Waals surface area contributed by atoms with E-state index in [2.05, 4.69) is 27.1 Å². The number of ether oxygens (including phenoxy) is 1. The summed E-state index contributed by atoms with van der Waals surface area (Å²) in [4.78, 5) is 24.8. The number of carbonyl (C=O) groups excluding carboxylic acids is 1. The maximum atomic E-state index is 13.6. The van der Waals surface area contributed by atoms with Crippen molar-refractivity contribution in [1.29, 1.82) is 0 Å². The Hall–Kier alpha value is -3.11. The van der Waals surface area contributed by atoms with Crippen molar-refractivity contribution in [2.24, 2.45) is 0 Å². The highest BCUT2D eigenvalue weighted by molar-refractivity contribution is 5.95. The number of hydrogen-bond acceptors (Lipinski definition) is 6. The molecule has 5 rings (SSSR count). The number of nitrogens with zero attached hydrogens (tertiary/aromatic N) is 4. The Bertz CT molecular complexity index is 1260. The Morgan fingerprint density at radius 3 is 2.48 bits per heavy atom. The molecule has 2 aliphatic heterocycles. The number of pyridine rings is 1. The number of likely N-dealkylation sites (N-methyl/N-ethyl adjacent to an activating group) is 1. The smallest absolute Gasteiger partial charge is 0.416 e. The van der Waals surface area contributed by atoms with Gasteiger partial charge >= 0.3 is 6.18 Å². The Balaban J connectivity index is 1.28. The first-order valence-corrected chi connectivity index (χ1v) is 14.1. The van der Waals surface area contributed by atoms with E-state index in [0.29, 0.717) is 47.4 Å². The summed E-state index contributed by atoms with van der Waals surface area (Å²) in [6.45, 7) is 8.17. The third kappa shape index (κ3) is 5.98. The zero-order chi connectivity index (χ0) is 28.4. The molecule has 1 aliphatic carbocycles. The van der Waals surface area contributed by atoms with E-state index in [1.54, 1.807) is 19.2 Å². The first-order valence-electron chi connectivity index (χ1n) is 14.1. The number of piperazine rings is 1. The van der Waals surface area contributed by atoms with Gasteiger partial charge in [-0.1, -0.05) is 12.1 Å². The minimum absolute atomic E-state index is 0.00230. The third-order valence-electron chi connectivity index (χ3n) is 8.30. The largest absolute Gasteiger partial charge is 0.496 e. The second kappa shape index (κ2) is 11.8. The van der Waals surface area contributed by atoms with Crippen molar-refractivity contribution in [2.75, 3.05) is 65.3 Å². The van der Waals surface area contributed by atoms with E-state index in [9.17, 15) is 18.0 Å². The highest BCUT2D eigenvalue weighted by Gasteiger charge is 2.40. The molecule has 1 N–H and O–H groups in total. The van der Waals surface area contributed by atoms with Crippen LogP contribution in [0.25, 0.3) is 5.57 Å². The number of amides is 1. The van der Waals surface area contributed by atoms with Crippen molar-refractivity contribution in [3.8, 4) is 5.75 Å². The predicted octanol–water partition coefficient (Wildman–Crippen LogP) is 4.47. The number of carbonyl (C=O) groups is 1. The lowest BCUT2D eigenvalue weighted by Crippen LogP contribution is -2.52. The van der Waals surface area contributed by atoms with Crippen LogP contribution >= 0.6 is 0 Å². The number of piperidine rings is 1. The number of halogens is 3. The number of fused-ring (bicyclic) bond motifs is 1. The van der Waals surface area contributed by atoms with Gasteiger partial charge in [0.2, 0.25) is 0 Å². The van der Waals surface area contributed by atoms with Crippen molar-refractivity contribution in [3.05, 3.63) is 58.4 Å². The zero-order valence-electron chi connectivity index (χ0n) is 23.5. The molecule has 3 heterocycles. The van der Waals surface area contributed by atoms with Gasteiger partial charge in [-0.15, -0.1) is 0 Å². The number of rotatable bonds is 7. The summed E-state index contributed by atoms with van der Waals surface area (Å²) in [5.41, 5.74) is 2.42. The number of nitrogens with one attached hydrogen (secondary N) is 1. The molecular weight excluding hydrogens is 519 g/mol. The quantitative estimate of drug-likeness (QED) is 0.543. The van der Waals surface area contributed by atoms with Crippen LogP contribution < -0.4 is 10.1 Å². The lowest BCUT2D eigenvalue weighted by Gasteiger charge is -2.42. The van der Waals surface area contributed by atoms with E-state index in [0.717, 1.165) is 57.7 Å². The fourth-order valence-electron chi connectivity index (χ4n) is 6.11. The summed E-state index contributed by atoms with van der Waals surface area (Å²) in [7, 11) is 3.72. The van der Waals surface area contributed by atoms with Gasteiger partial charge in [-0.05, 0) is 45.0 Å². The highest BCUT2D eigenvalue weighted by atomic mass is 19.4. The van der Waals surface area contributed by atoms with Crippen molar-refractivity contribution < 1.29 is 22.7 Å². The molecule has 0 spiro atoms. The molecule has 1 amide bonds. The van der Waals surface area contributed by atoms with E-state index < -0.39 is 11.7 Å². The molecule has 1 aromatic carbocycles. The highest BCUT2D eigenvalue weighted by Crippen LogP contribution is 2.43. The monoisotopic (exact) mass is 557 g/mol. The SMILES string of the molecule is CCNc1cc(Cc2ccc(C(=O)N3CCC(N4CCN(C)CC4)CC3)cc2OC)nc2c1C(C(F)(F)F)=CC2. The van der Waals surface area contributed by atoms with Crippen LogP contribution in [0.5, 0.6) is 5.75 Å². The average Bonchev–Trinajstić information content (AvgIpc) is 3.39. The molecule has 0 saturated carbocycles. The van der Waals surface area contributed by atoms with Crippen LogP contribution in [0.15, 0.2) is 30.3 Å². The van der Waals surface area contributed by atoms with Crippen LogP contribution in [0, 0.1) is 0 Å². The molecule has 1 aromatic heterocycles. The van der Waals surface area contributed by atoms with Gasteiger partial charge in [0, 0.05) is 92.8 Å². The van der Waals surface area contributed by atoms with Crippen molar-refractivity contribution in [1.82, 2.24) is 19.7 Å². The Labute approximate surface area is 234 Å². The van der Waals surface area contributed by atoms with Crippen LogP contribution in [0.2, 0.25) is 0 Å². The van der Waals surface area contributed by atoms with Crippen molar-refractivity contribution in [3.63, 3.8) is 0 Å². The molecular formula is C30H38F3N5O2. The maximum absolute atomic E-state index is 13.6. The van der Waals surface area contributed by atoms with Crippen LogP contribution in [-0.2, 0) is 12.8 Å². The summed E-state index contributed by atoms with van der Waals surface area (Å²) in [6, 6.07) is 7.67. The number of hydrogen-bond donors (Lipinski definition) is 1. The van der Waals surface area contributed by atoms with E-state index in [4.69, 9.17) is 4.74 Å². The minimum Gasteiger partial charge on any atom is -0.496 e. The molecule has 0 radical (unpaired) electrons. The first kappa shape index (κ1) is 28.4. The van der Waals surface area contributed by atoms with Crippen LogP contribution in [-0.4, -0.2) is 97.8 Å². The molecule has 2 aromatic rings. The summed E-state index contributed by atoms with van der Waals surface area (Å²) in [6.07, 6.45) is -0.740. The Morgan fingerprint density at radius 1 is 1.10 bits per heavy atom. The number of likely N-dealkylation sites (tertiary alicyclic amines) is 1. The normalized spacial score (nSPS) is 18.9. The van der Waals surface area contributed by atoms with E-state index >= 15 is 0 Å². The van der Waals surface area contributed by atoms with Crippen LogP contribution in [0.1, 0.15) is 52.6 Å². The van der Waals surface area contributed by atoms with Crippen molar-refractivity contribution in [2.45, 2.75) is 44.8 Å². The van der Waals surface area contributed by atoms with Gasteiger partial charge < -0.3 is 19.9 Å². The fourth-order valence-corrected chi connectivity index (χ4v) is 6.11. The van der Waals surface area contributed by atoms with Gasteiger partial charge in [-0.25, -0.2) is 0 Å². The predicted molar refractivity (Wildman–Crippen MR) is 150 cm³/mol. The van der Waals surface area contributed by atoms with Gasteiger partial charge in [-0.3, -0.25) is 14.7 Å². The second-order valence-electron chi connectivity index (χ2n) is 10.9. The number of benzene rings is 1. The van der Waals surface area contributed by atoms with Crippen molar-refractivity contribution >= 4 is 17.2 Å². The molecule has 2 fully saturated rings. The number of aromatic nitrogens is 1. The average molecular weight is 558 g/mol. The zero-order valence-corrected chi connectivity index (χ0v) is 23.5. The lowest BCUT2D eigenvalue weighted by molar-refractivity contribution is -0.0687. The first-order chi connectivity index (χ1) is 19.2. The lowest BCUT2D eigenvalue weighted by atomic mass is 9.99. The number of methoxy groups -OCH3 is 1. The summed E-state index contributed by atoms with van der Waals surface area (Å²) in [5, 5.41) is 3.08.